The average molecular weight is 343 g/mol. The van der Waals surface area contributed by atoms with Crippen LogP contribution in [0.3, 0.4) is 0 Å². The number of Topliss-reactive ketones (excluding diaryl/α,β-unsaturated/α-hetero) is 1. The largest absolute Gasteiger partial charge is 0.490 e. The Morgan fingerprint density at radius 1 is 1.20 bits per heavy atom. The van der Waals surface area contributed by atoms with Crippen molar-refractivity contribution < 1.29 is 14.3 Å². The molecule has 0 aromatic heterocycles. The molecule has 25 heavy (non-hydrogen) atoms. The summed E-state index contributed by atoms with van der Waals surface area (Å²) >= 11 is 0. The van der Waals surface area contributed by atoms with Gasteiger partial charge < -0.3 is 14.4 Å². The van der Waals surface area contributed by atoms with Crippen LogP contribution in [0.25, 0.3) is 0 Å². The molecular formula is C21H29NO3. The van der Waals surface area contributed by atoms with Gasteiger partial charge in [-0.15, -0.1) is 0 Å². The van der Waals surface area contributed by atoms with Crippen LogP contribution in [-0.2, 0) is 10.2 Å². The summed E-state index contributed by atoms with van der Waals surface area (Å²) in [4.78, 5) is 14.4. The van der Waals surface area contributed by atoms with Crippen LogP contribution in [0.5, 0.6) is 11.5 Å². The van der Waals surface area contributed by atoms with Crippen LogP contribution >= 0.6 is 0 Å². The average Bonchev–Trinajstić information content (AvgIpc) is 3.38. The zero-order valence-electron chi connectivity index (χ0n) is 15.4. The first-order valence-electron chi connectivity index (χ1n) is 9.74. The maximum Gasteiger partial charge on any atom is 0.161 e. The Morgan fingerprint density at radius 2 is 2.04 bits per heavy atom. The van der Waals surface area contributed by atoms with Crippen LogP contribution in [0.15, 0.2) is 18.2 Å². The first-order valence-corrected chi connectivity index (χ1v) is 9.74. The maximum atomic E-state index is 12.0. The van der Waals surface area contributed by atoms with E-state index < -0.39 is 0 Å². The van der Waals surface area contributed by atoms with Gasteiger partial charge in [0.25, 0.3) is 0 Å². The van der Waals surface area contributed by atoms with E-state index in [4.69, 9.17) is 9.47 Å². The fraction of sp³-hybridized carbons (Fsp3) is 0.667. The molecular weight excluding hydrogens is 314 g/mol. The summed E-state index contributed by atoms with van der Waals surface area (Å²) in [5.74, 6) is 2.86. The molecule has 1 aromatic rings. The van der Waals surface area contributed by atoms with Gasteiger partial charge in [0.1, 0.15) is 5.78 Å². The predicted octanol–water partition coefficient (Wildman–Crippen LogP) is 3.57. The summed E-state index contributed by atoms with van der Waals surface area (Å²) in [7, 11) is 2.15. The molecule has 2 saturated carbocycles. The summed E-state index contributed by atoms with van der Waals surface area (Å²) in [5.41, 5.74) is 1.40. The van der Waals surface area contributed by atoms with Crippen molar-refractivity contribution >= 4 is 5.78 Å². The minimum absolute atomic E-state index is 0.0868. The van der Waals surface area contributed by atoms with E-state index in [9.17, 15) is 4.79 Å². The number of likely N-dealkylation sites (tertiary alicyclic amines) is 1. The second-order valence-corrected chi connectivity index (χ2v) is 7.99. The van der Waals surface area contributed by atoms with Crippen LogP contribution in [0, 0.1) is 5.92 Å². The standard InChI is InChI=1S/C21H29NO3/c1-3-24-19-12-16(6-7-18(19)25-14-15-4-5-15)21-9-8-17(23)13-20(21)22(2)11-10-21/h6-7,12,15,20H,3-5,8-11,13-14H2,1-2H3/t20-,21-/m0/s1. The molecule has 0 spiro atoms. The highest BCUT2D eigenvalue weighted by Crippen LogP contribution is 2.49. The van der Waals surface area contributed by atoms with Gasteiger partial charge in [-0.1, -0.05) is 6.07 Å². The second-order valence-electron chi connectivity index (χ2n) is 7.99. The van der Waals surface area contributed by atoms with E-state index in [1.54, 1.807) is 0 Å². The zero-order valence-corrected chi connectivity index (χ0v) is 15.4. The lowest BCUT2D eigenvalue weighted by Crippen LogP contribution is -2.46. The molecule has 2 atom stereocenters. The number of carbonyl (C=O) groups is 1. The Morgan fingerprint density at radius 3 is 2.80 bits per heavy atom. The molecule has 1 aromatic carbocycles. The minimum Gasteiger partial charge on any atom is -0.490 e. The van der Waals surface area contributed by atoms with Crippen molar-refractivity contribution in [3.63, 3.8) is 0 Å². The number of fused-ring (bicyclic) bond motifs is 1. The lowest BCUT2D eigenvalue weighted by Gasteiger charge is -2.41. The van der Waals surface area contributed by atoms with Gasteiger partial charge in [0.15, 0.2) is 11.5 Å². The van der Waals surface area contributed by atoms with E-state index in [2.05, 4.69) is 30.1 Å². The third-order valence-electron chi connectivity index (χ3n) is 6.34. The Bertz CT molecular complexity index is 655. The van der Waals surface area contributed by atoms with Gasteiger partial charge in [-0.2, -0.15) is 0 Å². The van der Waals surface area contributed by atoms with Gasteiger partial charge in [-0.25, -0.2) is 0 Å². The molecule has 0 amide bonds. The third-order valence-corrected chi connectivity index (χ3v) is 6.34. The highest BCUT2D eigenvalue weighted by molar-refractivity contribution is 5.81. The highest BCUT2D eigenvalue weighted by atomic mass is 16.5. The molecule has 2 aliphatic carbocycles. The van der Waals surface area contributed by atoms with E-state index in [0.717, 1.165) is 43.4 Å². The first-order chi connectivity index (χ1) is 12.1. The van der Waals surface area contributed by atoms with Gasteiger partial charge in [-0.05, 0) is 69.8 Å². The first kappa shape index (κ1) is 16.9. The highest BCUT2D eigenvalue weighted by Gasteiger charge is 2.50. The SMILES string of the molecule is CCOc1cc([C@@]23CCC(=O)C[C@@H]2N(C)CC3)ccc1OCC1CC1. The lowest BCUT2D eigenvalue weighted by molar-refractivity contribution is -0.122. The third kappa shape index (κ3) is 3.17. The van der Waals surface area contributed by atoms with Crippen molar-refractivity contribution in [1.82, 2.24) is 4.90 Å². The van der Waals surface area contributed by atoms with Crippen LogP contribution in [-0.4, -0.2) is 43.5 Å². The molecule has 1 aliphatic heterocycles. The number of nitrogens with zero attached hydrogens (tertiary/aromatic N) is 1. The van der Waals surface area contributed by atoms with Crippen molar-refractivity contribution in [2.75, 3.05) is 26.8 Å². The number of rotatable bonds is 6. The molecule has 0 N–H and O–H groups in total. The molecule has 3 aliphatic rings. The monoisotopic (exact) mass is 343 g/mol. The summed E-state index contributed by atoms with van der Waals surface area (Å²) in [5, 5.41) is 0. The molecule has 0 unspecified atom stereocenters. The van der Waals surface area contributed by atoms with Crippen molar-refractivity contribution in [3.05, 3.63) is 23.8 Å². The fourth-order valence-corrected chi connectivity index (χ4v) is 4.62. The number of ether oxygens (including phenoxy) is 2. The number of benzene rings is 1. The number of hydrogen-bond donors (Lipinski definition) is 0. The van der Waals surface area contributed by atoms with E-state index in [0.29, 0.717) is 31.3 Å². The lowest BCUT2D eigenvalue weighted by atomic mass is 9.66. The quantitative estimate of drug-likeness (QED) is 0.791. The van der Waals surface area contributed by atoms with E-state index in [1.165, 1.54) is 18.4 Å². The van der Waals surface area contributed by atoms with Crippen LogP contribution < -0.4 is 9.47 Å². The van der Waals surface area contributed by atoms with Gasteiger partial charge in [0, 0.05) is 24.3 Å². The molecule has 0 bridgehead atoms. The Kier molecular flexibility index (Phi) is 4.48. The minimum atomic E-state index is 0.0868. The molecule has 4 nitrogen and oxygen atoms in total. The second kappa shape index (κ2) is 6.64. The molecule has 0 radical (unpaired) electrons. The smallest absolute Gasteiger partial charge is 0.161 e. The summed E-state index contributed by atoms with van der Waals surface area (Å²) in [6.45, 7) is 4.51. The van der Waals surface area contributed by atoms with E-state index in [1.807, 2.05) is 6.92 Å². The van der Waals surface area contributed by atoms with Crippen molar-refractivity contribution in [2.45, 2.75) is 56.9 Å². The molecule has 1 heterocycles. The van der Waals surface area contributed by atoms with E-state index >= 15 is 0 Å². The van der Waals surface area contributed by atoms with Gasteiger partial charge in [0.2, 0.25) is 0 Å². The predicted molar refractivity (Wildman–Crippen MR) is 97.4 cm³/mol. The molecule has 136 valence electrons. The van der Waals surface area contributed by atoms with Gasteiger partial charge in [-0.3, -0.25) is 4.79 Å². The van der Waals surface area contributed by atoms with E-state index in [-0.39, 0.29) is 5.41 Å². The molecule has 4 rings (SSSR count). The zero-order chi connectivity index (χ0) is 17.4. The molecule has 3 fully saturated rings. The Labute approximate surface area is 150 Å². The Balaban J connectivity index is 1.64. The molecule has 4 heteroatoms. The van der Waals surface area contributed by atoms with Crippen LogP contribution in [0.4, 0.5) is 0 Å². The topological polar surface area (TPSA) is 38.8 Å². The van der Waals surface area contributed by atoms with Crippen LogP contribution in [0.1, 0.15) is 51.0 Å². The maximum absolute atomic E-state index is 12.0. The normalized spacial score (nSPS) is 29.5. The Hall–Kier alpha value is -1.55. The van der Waals surface area contributed by atoms with Crippen molar-refractivity contribution in [1.29, 1.82) is 0 Å². The summed E-state index contributed by atoms with van der Waals surface area (Å²) in [6.07, 6.45) is 6.03. The van der Waals surface area contributed by atoms with Gasteiger partial charge >= 0.3 is 0 Å². The molecule has 1 saturated heterocycles. The number of ketones is 1. The van der Waals surface area contributed by atoms with Crippen molar-refractivity contribution in [2.24, 2.45) is 5.92 Å². The number of likely N-dealkylation sites (N-methyl/N-ethyl adjacent to an activating group) is 1. The number of hydrogen-bond acceptors (Lipinski definition) is 4. The van der Waals surface area contributed by atoms with Gasteiger partial charge in [0.05, 0.1) is 13.2 Å². The summed E-state index contributed by atoms with van der Waals surface area (Å²) < 4.78 is 11.9. The summed E-state index contributed by atoms with van der Waals surface area (Å²) in [6, 6.07) is 6.81. The van der Waals surface area contributed by atoms with Crippen LogP contribution in [0.2, 0.25) is 0 Å². The number of carbonyl (C=O) groups excluding carboxylic acids is 1. The van der Waals surface area contributed by atoms with Crippen molar-refractivity contribution in [3.8, 4) is 11.5 Å². The fourth-order valence-electron chi connectivity index (χ4n) is 4.62.